The van der Waals surface area contributed by atoms with E-state index in [0.29, 0.717) is 13.0 Å². The van der Waals surface area contributed by atoms with Crippen LogP contribution in [0.15, 0.2) is 4.99 Å². The molecule has 22 heavy (non-hydrogen) atoms. The first-order valence-corrected chi connectivity index (χ1v) is 7.41. The highest BCUT2D eigenvalue weighted by molar-refractivity contribution is 14.0. The lowest BCUT2D eigenvalue weighted by molar-refractivity contribution is -0.173. The topological polar surface area (TPSA) is 36.9 Å². The normalized spacial score (nSPS) is 18.3. The van der Waals surface area contributed by atoms with E-state index in [2.05, 4.69) is 33.8 Å². The van der Waals surface area contributed by atoms with Gasteiger partial charge < -0.3 is 15.0 Å². The number of hydrogen-bond acceptors (Lipinski definition) is 2. The van der Waals surface area contributed by atoms with Gasteiger partial charge in [0.15, 0.2) is 5.96 Å². The van der Waals surface area contributed by atoms with E-state index in [9.17, 15) is 13.2 Å². The van der Waals surface area contributed by atoms with E-state index in [1.165, 1.54) is 0 Å². The largest absolute Gasteiger partial charge is 0.411 e. The lowest BCUT2D eigenvalue weighted by Crippen LogP contribution is -2.40. The number of nitrogens with zero attached hydrogens (tertiary/aromatic N) is 2. The Morgan fingerprint density at radius 3 is 2.55 bits per heavy atom. The molecule has 1 aliphatic heterocycles. The molecule has 0 saturated carbocycles. The highest BCUT2D eigenvalue weighted by atomic mass is 127. The molecular weight excluding hydrogens is 410 g/mol. The van der Waals surface area contributed by atoms with Crippen LogP contribution in [0, 0.1) is 5.41 Å². The quantitative estimate of drug-likeness (QED) is 0.300. The second kappa shape index (κ2) is 9.79. The molecule has 1 N–H and O–H groups in total. The Morgan fingerprint density at radius 1 is 1.36 bits per heavy atom. The first-order valence-electron chi connectivity index (χ1n) is 7.41. The predicted octanol–water partition coefficient (Wildman–Crippen LogP) is 3.27. The minimum absolute atomic E-state index is 0. The number of guanidine groups is 1. The van der Waals surface area contributed by atoms with Crippen molar-refractivity contribution in [3.8, 4) is 0 Å². The molecule has 0 aliphatic carbocycles. The van der Waals surface area contributed by atoms with Gasteiger partial charge >= 0.3 is 6.18 Å². The van der Waals surface area contributed by atoms with Crippen LogP contribution in [0.2, 0.25) is 0 Å². The maximum absolute atomic E-state index is 11.9. The lowest BCUT2D eigenvalue weighted by Gasteiger charge is -2.23. The van der Waals surface area contributed by atoms with E-state index in [-0.39, 0.29) is 36.0 Å². The van der Waals surface area contributed by atoms with Gasteiger partial charge in [0.1, 0.15) is 6.61 Å². The molecule has 0 bridgehead atoms. The van der Waals surface area contributed by atoms with Crippen LogP contribution in [-0.2, 0) is 4.74 Å². The van der Waals surface area contributed by atoms with Crippen LogP contribution in [0.5, 0.6) is 0 Å². The second-order valence-electron chi connectivity index (χ2n) is 6.09. The number of halogens is 4. The number of rotatable bonds is 6. The van der Waals surface area contributed by atoms with Crippen LogP contribution in [-0.4, -0.2) is 56.4 Å². The summed E-state index contributed by atoms with van der Waals surface area (Å²) in [7, 11) is 0. The molecule has 132 valence electrons. The summed E-state index contributed by atoms with van der Waals surface area (Å²) in [5.74, 6) is 0.846. The summed E-state index contributed by atoms with van der Waals surface area (Å²) in [4.78, 5) is 6.67. The molecule has 1 saturated heterocycles. The van der Waals surface area contributed by atoms with Gasteiger partial charge in [0.05, 0.1) is 0 Å². The monoisotopic (exact) mass is 437 g/mol. The summed E-state index contributed by atoms with van der Waals surface area (Å²) < 4.78 is 40.3. The molecule has 1 aliphatic rings. The Morgan fingerprint density at radius 2 is 2.05 bits per heavy atom. The van der Waals surface area contributed by atoms with E-state index < -0.39 is 12.8 Å². The second-order valence-corrected chi connectivity index (χ2v) is 6.09. The molecule has 4 nitrogen and oxygen atoms in total. The van der Waals surface area contributed by atoms with Crippen LogP contribution < -0.4 is 5.32 Å². The number of likely N-dealkylation sites (tertiary alicyclic amines) is 1. The Balaban J connectivity index is 0.00000441. The minimum atomic E-state index is -4.25. The van der Waals surface area contributed by atoms with Crippen LogP contribution in [0.4, 0.5) is 13.2 Å². The number of hydrogen-bond donors (Lipinski definition) is 1. The van der Waals surface area contributed by atoms with Crippen molar-refractivity contribution in [2.75, 3.05) is 39.4 Å². The molecule has 0 aromatic heterocycles. The highest BCUT2D eigenvalue weighted by Crippen LogP contribution is 2.28. The van der Waals surface area contributed by atoms with E-state index in [1.54, 1.807) is 0 Å². The zero-order valence-electron chi connectivity index (χ0n) is 13.5. The summed E-state index contributed by atoms with van der Waals surface area (Å²) in [5, 5.41) is 3.23. The Bertz CT molecular complexity index is 349. The van der Waals surface area contributed by atoms with Crippen molar-refractivity contribution < 1.29 is 17.9 Å². The Hall–Kier alpha value is -0.250. The molecule has 0 atom stereocenters. The smallest absolute Gasteiger partial charge is 0.372 e. The molecule has 0 spiro atoms. The van der Waals surface area contributed by atoms with Gasteiger partial charge in [-0.3, -0.25) is 4.99 Å². The Labute approximate surface area is 147 Å². The third-order valence-corrected chi connectivity index (χ3v) is 3.29. The maximum atomic E-state index is 11.9. The first-order chi connectivity index (χ1) is 9.73. The fourth-order valence-electron chi connectivity index (χ4n) is 2.26. The van der Waals surface area contributed by atoms with E-state index in [0.717, 1.165) is 32.0 Å². The molecule has 1 rings (SSSR count). The molecule has 8 heteroatoms. The van der Waals surface area contributed by atoms with Crippen molar-refractivity contribution in [2.24, 2.45) is 10.4 Å². The number of alkyl halides is 3. The van der Waals surface area contributed by atoms with Crippen molar-refractivity contribution in [3.63, 3.8) is 0 Å². The van der Waals surface area contributed by atoms with Crippen molar-refractivity contribution in [1.82, 2.24) is 10.2 Å². The van der Waals surface area contributed by atoms with Gasteiger partial charge in [-0.05, 0) is 25.2 Å². The minimum Gasteiger partial charge on any atom is -0.372 e. The summed E-state index contributed by atoms with van der Waals surface area (Å²) in [6, 6.07) is 0. The van der Waals surface area contributed by atoms with Crippen molar-refractivity contribution in [2.45, 2.75) is 39.8 Å². The molecule has 0 unspecified atom stereocenters. The summed E-state index contributed by atoms with van der Waals surface area (Å²) in [6.45, 7) is 8.50. The van der Waals surface area contributed by atoms with Gasteiger partial charge in [-0.2, -0.15) is 13.2 Å². The van der Waals surface area contributed by atoms with Gasteiger partial charge in [0, 0.05) is 32.8 Å². The summed E-state index contributed by atoms with van der Waals surface area (Å²) in [5.41, 5.74) is 0.284. The van der Waals surface area contributed by atoms with E-state index in [4.69, 9.17) is 0 Å². The number of aliphatic imine (C=N–C) groups is 1. The first kappa shape index (κ1) is 21.8. The fraction of sp³-hybridized carbons (Fsp3) is 0.929. The van der Waals surface area contributed by atoms with Crippen molar-refractivity contribution >= 4 is 29.9 Å². The molecule has 0 aromatic rings. The summed E-state index contributed by atoms with van der Waals surface area (Å²) >= 11 is 0. The van der Waals surface area contributed by atoms with E-state index >= 15 is 0 Å². The van der Waals surface area contributed by atoms with Gasteiger partial charge in [-0.15, -0.1) is 24.0 Å². The zero-order valence-corrected chi connectivity index (χ0v) is 15.8. The van der Waals surface area contributed by atoms with Crippen LogP contribution >= 0.6 is 24.0 Å². The molecule has 1 fully saturated rings. The third-order valence-electron chi connectivity index (χ3n) is 3.29. The third kappa shape index (κ3) is 9.02. The van der Waals surface area contributed by atoms with Crippen LogP contribution in [0.3, 0.4) is 0 Å². The number of nitrogens with one attached hydrogen (secondary N) is 1. The van der Waals surface area contributed by atoms with Crippen molar-refractivity contribution in [3.05, 3.63) is 0 Å². The molecule has 0 amide bonds. The zero-order chi connectivity index (χ0) is 15.9. The molecule has 1 heterocycles. The standard InChI is InChI=1S/C14H26F3N3O.HI/c1-4-18-12(20-8-6-13(2,3)10-20)19-7-5-9-21-11-14(15,16)17;/h4-11H2,1-3H3,(H,18,19);1H. The Kier molecular flexibility index (Phi) is 9.68. The van der Waals surface area contributed by atoms with Gasteiger partial charge in [-0.25, -0.2) is 0 Å². The van der Waals surface area contributed by atoms with Gasteiger partial charge in [0.25, 0.3) is 0 Å². The number of ether oxygens (including phenoxy) is 1. The molecule has 0 radical (unpaired) electrons. The molecular formula is C14H27F3IN3O. The lowest BCUT2D eigenvalue weighted by atomic mass is 9.93. The van der Waals surface area contributed by atoms with Crippen molar-refractivity contribution in [1.29, 1.82) is 0 Å². The summed E-state index contributed by atoms with van der Waals surface area (Å²) in [6.07, 6.45) is -2.65. The van der Waals surface area contributed by atoms with Gasteiger partial charge in [0.2, 0.25) is 0 Å². The average Bonchev–Trinajstić information content (AvgIpc) is 2.71. The highest BCUT2D eigenvalue weighted by Gasteiger charge is 2.30. The van der Waals surface area contributed by atoms with Gasteiger partial charge in [-0.1, -0.05) is 13.8 Å². The predicted molar refractivity (Wildman–Crippen MR) is 92.9 cm³/mol. The fourth-order valence-corrected chi connectivity index (χ4v) is 2.26. The molecule has 0 aromatic carbocycles. The van der Waals surface area contributed by atoms with E-state index in [1.807, 2.05) is 6.92 Å². The van der Waals surface area contributed by atoms with Crippen LogP contribution in [0.1, 0.15) is 33.6 Å². The maximum Gasteiger partial charge on any atom is 0.411 e. The van der Waals surface area contributed by atoms with Crippen LogP contribution in [0.25, 0.3) is 0 Å². The average molecular weight is 437 g/mol. The SMILES string of the molecule is CCNC(=NCCCOCC(F)(F)F)N1CCC(C)(C)C1.I.